The van der Waals surface area contributed by atoms with Crippen LogP contribution in [-0.2, 0) is 12.0 Å². The largest absolute Gasteiger partial charge is 0.497 e. The molecule has 168 valence electrons. The first-order valence-corrected chi connectivity index (χ1v) is 11.0. The molecule has 1 aliphatic carbocycles. The van der Waals surface area contributed by atoms with Crippen LogP contribution in [0.15, 0.2) is 72.8 Å². The van der Waals surface area contributed by atoms with Gasteiger partial charge in [0.1, 0.15) is 17.4 Å². The minimum Gasteiger partial charge on any atom is -0.497 e. The molecule has 0 spiro atoms. The molecule has 1 atom stereocenters. The molecule has 1 unspecified atom stereocenters. The highest BCUT2D eigenvalue weighted by Gasteiger charge is 2.46. The number of aromatic nitrogens is 2. The third-order valence-corrected chi connectivity index (χ3v) is 6.14. The maximum atomic E-state index is 13.3. The number of carbonyl (C=O) groups excluding carboxylic acids is 1. The highest BCUT2D eigenvalue weighted by molar-refractivity contribution is 5.77. The van der Waals surface area contributed by atoms with Crippen LogP contribution in [0.1, 0.15) is 35.8 Å². The normalized spacial score (nSPS) is 15.1. The van der Waals surface area contributed by atoms with Crippen LogP contribution < -0.4 is 15.4 Å². The lowest BCUT2D eigenvalue weighted by molar-refractivity contribution is 0.231. The van der Waals surface area contributed by atoms with Crippen LogP contribution >= 0.6 is 0 Å². The summed E-state index contributed by atoms with van der Waals surface area (Å²) in [6.07, 6.45) is 2.19. The SMILES string of the molecule is COc1ccc(CC(NC(=O)NC2(c3ccc(F)cc3)CC2)c2nc3ccccc3[nH]2)cc1. The Kier molecular flexibility index (Phi) is 5.46. The fourth-order valence-electron chi connectivity index (χ4n) is 4.14. The molecule has 4 aromatic rings. The summed E-state index contributed by atoms with van der Waals surface area (Å²) in [5.74, 6) is 1.18. The Morgan fingerprint density at radius 3 is 2.48 bits per heavy atom. The minimum atomic E-state index is -0.448. The van der Waals surface area contributed by atoms with Gasteiger partial charge < -0.3 is 20.4 Å². The zero-order valence-corrected chi connectivity index (χ0v) is 18.3. The van der Waals surface area contributed by atoms with E-state index >= 15 is 0 Å². The highest BCUT2D eigenvalue weighted by Crippen LogP contribution is 2.45. The molecule has 2 amide bonds. The topological polar surface area (TPSA) is 79.0 Å². The Labute approximate surface area is 191 Å². The monoisotopic (exact) mass is 444 g/mol. The maximum Gasteiger partial charge on any atom is 0.316 e. The van der Waals surface area contributed by atoms with Crippen molar-refractivity contribution in [2.45, 2.75) is 30.8 Å². The quantitative estimate of drug-likeness (QED) is 0.376. The van der Waals surface area contributed by atoms with E-state index in [2.05, 4.69) is 15.6 Å². The minimum absolute atomic E-state index is 0.282. The van der Waals surface area contributed by atoms with Crippen molar-refractivity contribution in [3.8, 4) is 5.75 Å². The molecule has 1 aliphatic rings. The summed E-state index contributed by atoms with van der Waals surface area (Å²) < 4.78 is 18.6. The number of hydrogen-bond donors (Lipinski definition) is 3. The molecule has 1 aromatic heterocycles. The number of halogens is 1. The van der Waals surface area contributed by atoms with Crippen LogP contribution in [0.5, 0.6) is 5.75 Å². The average Bonchev–Trinajstić information content (AvgIpc) is 3.47. The molecule has 3 aromatic carbocycles. The Morgan fingerprint density at radius 1 is 1.09 bits per heavy atom. The van der Waals surface area contributed by atoms with Gasteiger partial charge in [-0.2, -0.15) is 0 Å². The summed E-state index contributed by atoms with van der Waals surface area (Å²) in [6.45, 7) is 0. The number of amides is 2. The summed E-state index contributed by atoms with van der Waals surface area (Å²) in [5, 5.41) is 6.21. The summed E-state index contributed by atoms with van der Waals surface area (Å²) in [5.41, 5.74) is 3.27. The third-order valence-electron chi connectivity index (χ3n) is 6.14. The van der Waals surface area contributed by atoms with E-state index in [1.165, 1.54) is 12.1 Å². The summed E-state index contributed by atoms with van der Waals surface area (Å²) >= 11 is 0. The van der Waals surface area contributed by atoms with Crippen LogP contribution in [0.2, 0.25) is 0 Å². The summed E-state index contributed by atoms with van der Waals surface area (Å²) in [7, 11) is 1.63. The second-order valence-corrected chi connectivity index (χ2v) is 8.43. The van der Waals surface area contributed by atoms with Crippen molar-refractivity contribution < 1.29 is 13.9 Å². The van der Waals surface area contributed by atoms with E-state index in [1.807, 2.05) is 48.5 Å². The van der Waals surface area contributed by atoms with E-state index in [-0.39, 0.29) is 17.9 Å². The highest BCUT2D eigenvalue weighted by atomic mass is 19.1. The Morgan fingerprint density at radius 2 is 1.82 bits per heavy atom. The molecule has 6 nitrogen and oxygen atoms in total. The average molecular weight is 445 g/mol. The first-order chi connectivity index (χ1) is 16.0. The van der Waals surface area contributed by atoms with Gasteiger partial charge in [0.15, 0.2) is 0 Å². The number of carbonyl (C=O) groups is 1. The number of ether oxygens (including phenoxy) is 1. The molecule has 0 radical (unpaired) electrons. The fourth-order valence-corrected chi connectivity index (χ4v) is 4.14. The van der Waals surface area contributed by atoms with Crippen molar-refractivity contribution in [1.82, 2.24) is 20.6 Å². The second-order valence-electron chi connectivity index (χ2n) is 8.43. The zero-order valence-electron chi connectivity index (χ0n) is 18.3. The third kappa shape index (κ3) is 4.53. The number of para-hydroxylation sites is 2. The molecule has 0 bridgehead atoms. The molecule has 1 fully saturated rings. The lowest BCUT2D eigenvalue weighted by Crippen LogP contribution is -2.44. The number of methoxy groups -OCH3 is 1. The van der Waals surface area contributed by atoms with Gasteiger partial charge in [-0.3, -0.25) is 0 Å². The number of hydrogen-bond acceptors (Lipinski definition) is 3. The van der Waals surface area contributed by atoms with Crippen molar-refractivity contribution in [3.05, 3.63) is 95.6 Å². The van der Waals surface area contributed by atoms with E-state index in [4.69, 9.17) is 9.72 Å². The molecule has 5 rings (SSSR count). The predicted octanol–water partition coefficient (Wildman–Crippen LogP) is 4.98. The van der Waals surface area contributed by atoms with E-state index in [9.17, 15) is 9.18 Å². The first-order valence-electron chi connectivity index (χ1n) is 11.0. The van der Waals surface area contributed by atoms with Gasteiger partial charge in [0.05, 0.1) is 29.7 Å². The van der Waals surface area contributed by atoms with Crippen LogP contribution in [0, 0.1) is 5.82 Å². The standard InChI is InChI=1S/C26H25FN4O2/c1-33-20-12-6-17(7-13-20)16-23(24-28-21-4-2-3-5-22(21)29-24)30-25(32)31-26(14-15-26)18-8-10-19(27)11-9-18/h2-13,23H,14-16H2,1H3,(H,28,29)(H2,30,31,32). The predicted molar refractivity (Wildman–Crippen MR) is 125 cm³/mol. The molecule has 3 N–H and O–H groups in total. The number of H-pyrrole nitrogens is 1. The lowest BCUT2D eigenvalue weighted by Gasteiger charge is -2.22. The van der Waals surface area contributed by atoms with Gasteiger partial charge in [-0.25, -0.2) is 14.2 Å². The van der Waals surface area contributed by atoms with Gasteiger partial charge >= 0.3 is 6.03 Å². The molecule has 1 saturated carbocycles. The number of nitrogens with one attached hydrogen (secondary N) is 3. The van der Waals surface area contributed by atoms with Crippen LogP contribution in [0.4, 0.5) is 9.18 Å². The van der Waals surface area contributed by atoms with Crippen LogP contribution in [0.3, 0.4) is 0 Å². The van der Waals surface area contributed by atoms with Gasteiger partial charge in [-0.1, -0.05) is 36.4 Å². The van der Waals surface area contributed by atoms with Crippen molar-refractivity contribution in [2.24, 2.45) is 0 Å². The van der Waals surface area contributed by atoms with E-state index < -0.39 is 5.54 Å². The smallest absolute Gasteiger partial charge is 0.316 e. The van der Waals surface area contributed by atoms with Gasteiger partial charge in [-0.15, -0.1) is 0 Å². The van der Waals surface area contributed by atoms with Crippen LogP contribution in [0.25, 0.3) is 11.0 Å². The summed E-state index contributed by atoms with van der Waals surface area (Å²) in [4.78, 5) is 21.1. The fraction of sp³-hybridized carbons (Fsp3) is 0.231. The van der Waals surface area contributed by atoms with E-state index in [0.29, 0.717) is 12.2 Å². The van der Waals surface area contributed by atoms with E-state index in [0.717, 1.165) is 40.8 Å². The van der Waals surface area contributed by atoms with Gasteiger partial charge in [0.2, 0.25) is 0 Å². The van der Waals surface area contributed by atoms with Crippen LogP contribution in [-0.4, -0.2) is 23.1 Å². The Hall–Kier alpha value is -3.87. The second kappa shape index (κ2) is 8.58. The van der Waals surface area contributed by atoms with Crippen molar-refractivity contribution in [3.63, 3.8) is 0 Å². The van der Waals surface area contributed by atoms with Crippen molar-refractivity contribution >= 4 is 17.1 Å². The van der Waals surface area contributed by atoms with Crippen molar-refractivity contribution in [2.75, 3.05) is 7.11 Å². The van der Waals surface area contributed by atoms with E-state index in [1.54, 1.807) is 19.2 Å². The number of aromatic amines is 1. The molecule has 33 heavy (non-hydrogen) atoms. The van der Waals surface area contributed by atoms with Gasteiger partial charge in [0.25, 0.3) is 0 Å². The maximum absolute atomic E-state index is 13.3. The number of urea groups is 1. The number of fused-ring (bicyclic) bond motifs is 1. The first kappa shape index (κ1) is 21.0. The lowest BCUT2D eigenvalue weighted by atomic mass is 10.0. The number of benzene rings is 3. The molecule has 1 heterocycles. The van der Waals surface area contributed by atoms with Gasteiger partial charge in [-0.05, 0) is 66.8 Å². The zero-order chi connectivity index (χ0) is 22.8. The van der Waals surface area contributed by atoms with Gasteiger partial charge in [0, 0.05) is 0 Å². The molecular weight excluding hydrogens is 419 g/mol. The Balaban J connectivity index is 1.37. The number of nitrogens with zero attached hydrogens (tertiary/aromatic N) is 1. The molecule has 0 aliphatic heterocycles. The molecular formula is C26H25FN4O2. The number of imidazole rings is 1. The Bertz CT molecular complexity index is 1230. The van der Waals surface area contributed by atoms with Crippen molar-refractivity contribution in [1.29, 1.82) is 0 Å². The summed E-state index contributed by atoms with van der Waals surface area (Å²) in [6, 6.07) is 21.2. The molecule has 0 saturated heterocycles. The number of rotatable bonds is 7. The molecule has 7 heteroatoms.